The first-order valence-corrected chi connectivity index (χ1v) is 6.41. The van der Waals surface area contributed by atoms with Gasteiger partial charge in [-0.05, 0) is 17.9 Å². The van der Waals surface area contributed by atoms with Gasteiger partial charge in [-0.25, -0.2) is 0 Å². The van der Waals surface area contributed by atoms with Gasteiger partial charge in [0.1, 0.15) is 0 Å². The first-order valence-electron chi connectivity index (χ1n) is 6.41. The minimum Gasteiger partial charge on any atom is -0.396 e. The van der Waals surface area contributed by atoms with Gasteiger partial charge >= 0.3 is 0 Å². The molecule has 0 fully saturated rings. The molecule has 0 spiro atoms. The standard InChI is InChI=1S/C14H23N3O2/c1-14(2,3)12(7-8-18)16-13(19)6-5-11-9-15-17(4)10-11/h5-6,9-10,12,18H,7-8H2,1-4H3,(H,16,19)/b6-5+. The maximum absolute atomic E-state index is 11.8. The fourth-order valence-electron chi connectivity index (χ4n) is 1.77. The van der Waals surface area contributed by atoms with Crippen molar-refractivity contribution in [2.24, 2.45) is 12.5 Å². The molecule has 1 rings (SSSR count). The van der Waals surface area contributed by atoms with Crippen molar-refractivity contribution in [2.75, 3.05) is 6.61 Å². The number of aromatic nitrogens is 2. The molecule has 0 saturated carbocycles. The van der Waals surface area contributed by atoms with Crippen molar-refractivity contribution in [3.63, 3.8) is 0 Å². The zero-order valence-electron chi connectivity index (χ0n) is 12.1. The summed E-state index contributed by atoms with van der Waals surface area (Å²) >= 11 is 0. The van der Waals surface area contributed by atoms with E-state index in [2.05, 4.69) is 10.4 Å². The number of nitrogens with zero attached hydrogens (tertiary/aromatic N) is 2. The molecule has 2 N–H and O–H groups in total. The summed E-state index contributed by atoms with van der Waals surface area (Å²) in [7, 11) is 1.83. The first kappa shape index (κ1) is 15.4. The van der Waals surface area contributed by atoms with Crippen molar-refractivity contribution in [3.05, 3.63) is 24.0 Å². The summed E-state index contributed by atoms with van der Waals surface area (Å²) in [5.41, 5.74) is 0.799. The molecular formula is C14H23N3O2. The fourth-order valence-corrected chi connectivity index (χ4v) is 1.77. The summed E-state index contributed by atoms with van der Waals surface area (Å²) in [4.78, 5) is 11.8. The molecule has 5 heteroatoms. The Morgan fingerprint density at radius 2 is 2.26 bits per heavy atom. The summed E-state index contributed by atoms with van der Waals surface area (Å²) in [5.74, 6) is -0.155. The Morgan fingerprint density at radius 3 is 2.74 bits per heavy atom. The van der Waals surface area contributed by atoms with Crippen molar-refractivity contribution in [1.82, 2.24) is 15.1 Å². The van der Waals surface area contributed by atoms with Crippen LogP contribution < -0.4 is 5.32 Å². The molecule has 0 aliphatic heterocycles. The molecule has 5 nitrogen and oxygen atoms in total. The fraction of sp³-hybridized carbons (Fsp3) is 0.571. The Kier molecular flexibility index (Phi) is 5.30. The molecule has 1 aromatic heterocycles. The van der Waals surface area contributed by atoms with Gasteiger partial charge in [0.25, 0.3) is 0 Å². The molecule has 0 aliphatic carbocycles. The third kappa shape index (κ3) is 5.26. The number of amides is 1. The third-order valence-corrected chi connectivity index (χ3v) is 2.93. The molecule has 1 amide bonds. The zero-order chi connectivity index (χ0) is 14.5. The van der Waals surface area contributed by atoms with E-state index in [9.17, 15) is 4.79 Å². The molecule has 0 bridgehead atoms. The Hall–Kier alpha value is -1.62. The number of aliphatic hydroxyl groups is 1. The number of carbonyl (C=O) groups excluding carboxylic acids is 1. The molecule has 0 radical (unpaired) electrons. The Bertz CT molecular complexity index is 444. The highest BCUT2D eigenvalue weighted by molar-refractivity contribution is 5.91. The summed E-state index contributed by atoms with van der Waals surface area (Å²) in [5, 5.41) is 16.0. The number of rotatable bonds is 5. The topological polar surface area (TPSA) is 67.2 Å². The number of hydrogen-bond acceptors (Lipinski definition) is 3. The normalized spacial score (nSPS) is 13.7. The summed E-state index contributed by atoms with van der Waals surface area (Å²) in [6, 6.07) is -0.0523. The van der Waals surface area contributed by atoms with E-state index in [0.29, 0.717) is 6.42 Å². The predicted molar refractivity (Wildman–Crippen MR) is 75.3 cm³/mol. The quantitative estimate of drug-likeness (QED) is 0.790. The Morgan fingerprint density at radius 1 is 1.58 bits per heavy atom. The molecule has 19 heavy (non-hydrogen) atoms. The van der Waals surface area contributed by atoms with Crippen LogP contribution in [0.25, 0.3) is 6.08 Å². The van der Waals surface area contributed by atoms with Crippen LogP contribution in [-0.4, -0.2) is 33.4 Å². The highest BCUT2D eigenvalue weighted by Crippen LogP contribution is 2.21. The maximum Gasteiger partial charge on any atom is 0.244 e. The molecule has 0 aromatic carbocycles. The van der Waals surface area contributed by atoms with Crippen LogP contribution >= 0.6 is 0 Å². The van der Waals surface area contributed by atoms with Gasteiger partial charge in [0.05, 0.1) is 6.20 Å². The van der Waals surface area contributed by atoms with Gasteiger partial charge in [0.15, 0.2) is 0 Å². The molecule has 1 aromatic rings. The lowest BCUT2D eigenvalue weighted by Gasteiger charge is -2.30. The smallest absolute Gasteiger partial charge is 0.244 e. The molecule has 1 unspecified atom stereocenters. The summed E-state index contributed by atoms with van der Waals surface area (Å²) < 4.78 is 1.68. The molecule has 1 heterocycles. The van der Waals surface area contributed by atoms with Crippen LogP contribution in [0.3, 0.4) is 0 Å². The van der Waals surface area contributed by atoms with Gasteiger partial charge < -0.3 is 10.4 Å². The Balaban J connectivity index is 2.60. The monoisotopic (exact) mass is 265 g/mol. The van der Waals surface area contributed by atoms with Crippen LogP contribution in [0.2, 0.25) is 0 Å². The van der Waals surface area contributed by atoms with Crippen LogP contribution in [0.1, 0.15) is 32.8 Å². The van der Waals surface area contributed by atoms with Gasteiger partial charge in [-0.3, -0.25) is 9.48 Å². The molecular weight excluding hydrogens is 242 g/mol. The largest absolute Gasteiger partial charge is 0.396 e. The number of aliphatic hydroxyl groups excluding tert-OH is 1. The minimum atomic E-state index is -0.155. The van der Waals surface area contributed by atoms with Gasteiger partial charge in [-0.15, -0.1) is 0 Å². The zero-order valence-corrected chi connectivity index (χ0v) is 12.1. The third-order valence-electron chi connectivity index (χ3n) is 2.93. The lowest BCUT2D eigenvalue weighted by molar-refractivity contribution is -0.118. The van der Waals surface area contributed by atoms with Gasteiger partial charge in [-0.1, -0.05) is 20.8 Å². The molecule has 0 aliphatic rings. The SMILES string of the molecule is Cn1cc(/C=C/C(=O)NC(CCO)C(C)(C)C)cn1. The maximum atomic E-state index is 11.8. The van der Waals surface area contributed by atoms with E-state index in [1.54, 1.807) is 17.0 Å². The van der Waals surface area contributed by atoms with Crippen LogP contribution in [-0.2, 0) is 11.8 Å². The van der Waals surface area contributed by atoms with Crippen LogP contribution in [0, 0.1) is 5.41 Å². The van der Waals surface area contributed by atoms with Crippen molar-refractivity contribution in [1.29, 1.82) is 0 Å². The average Bonchev–Trinajstić information content (AvgIpc) is 2.71. The second-order valence-electron chi connectivity index (χ2n) is 5.72. The minimum absolute atomic E-state index is 0.0523. The lowest BCUT2D eigenvalue weighted by atomic mass is 9.85. The van der Waals surface area contributed by atoms with Gasteiger partial charge in [0, 0.05) is 37.5 Å². The molecule has 106 valence electrons. The first-order chi connectivity index (χ1) is 8.82. The van der Waals surface area contributed by atoms with Crippen molar-refractivity contribution in [3.8, 4) is 0 Å². The average molecular weight is 265 g/mol. The van der Waals surface area contributed by atoms with Crippen molar-refractivity contribution < 1.29 is 9.90 Å². The second kappa shape index (κ2) is 6.52. The van der Waals surface area contributed by atoms with Crippen LogP contribution in [0.5, 0.6) is 0 Å². The van der Waals surface area contributed by atoms with E-state index in [4.69, 9.17) is 5.11 Å². The van der Waals surface area contributed by atoms with E-state index < -0.39 is 0 Å². The summed E-state index contributed by atoms with van der Waals surface area (Å²) in [6.07, 6.45) is 7.29. The highest BCUT2D eigenvalue weighted by atomic mass is 16.3. The Labute approximate surface area is 114 Å². The van der Waals surface area contributed by atoms with Gasteiger partial charge in [-0.2, -0.15) is 5.10 Å². The van der Waals surface area contributed by atoms with Crippen molar-refractivity contribution in [2.45, 2.75) is 33.2 Å². The lowest BCUT2D eigenvalue weighted by Crippen LogP contribution is -2.43. The van der Waals surface area contributed by atoms with Crippen molar-refractivity contribution >= 4 is 12.0 Å². The van der Waals surface area contributed by atoms with E-state index in [0.717, 1.165) is 5.56 Å². The van der Waals surface area contributed by atoms with Gasteiger partial charge in [0.2, 0.25) is 5.91 Å². The number of aryl methyl sites for hydroxylation is 1. The molecule has 0 saturated heterocycles. The second-order valence-corrected chi connectivity index (χ2v) is 5.72. The highest BCUT2D eigenvalue weighted by Gasteiger charge is 2.24. The number of carbonyl (C=O) groups is 1. The molecule has 1 atom stereocenters. The summed E-state index contributed by atoms with van der Waals surface area (Å²) in [6.45, 7) is 6.18. The van der Waals surface area contributed by atoms with E-state index >= 15 is 0 Å². The van der Waals surface area contributed by atoms with E-state index in [-0.39, 0.29) is 24.0 Å². The van der Waals surface area contributed by atoms with E-state index in [1.807, 2.05) is 34.0 Å². The number of hydrogen-bond donors (Lipinski definition) is 2. The van der Waals surface area contributed by atoms with Crippen LogP contribution in [0.15, 0.2) is 18.5 Å². The predicted octanol–water partition coefficient (Wildman–Crippen LogP) is 1.35. The van der Waals surface area contributed by atoms with Crippen LogP contribution in [0.4, 0.5) is 0 Å². The van der Waals surface area contributed by atoms with E-state index in [1.165, 1.54) is 6.08 Å². The number of nitrogens with one attached hydrogen (secondary N) is 1.